The van der Waals surface area contributed by atoms with Crippen LogP contribution in [-0.4, -0.2) is 15.5 Å². The number of hydrogen-bond donors (Lipinski definition) is 1. The number of rotatable bonds is 2. The zero-order valence-corrected chi connectivity index (χ0v) is 7.80. The van der Waals surface area contributed by atoms with Crippen molar-refractivity contribution in [3.05, 3.63) is 17.2 Å². The number of carbonyl (C=O) groups is 1. The van der Waals surface area contributed by atoms with Crippen molar-refractivity contribution in [2.75, 3.05) is 0 Å². The third-order valence-corrected chi connectivity index (χ3v) is 1.92. The van der Waals surface area contributed by atoms with Crippen molar-refractivity contribution in [1.29, 1.82) is 0 Å². The second-order valence-electron chi connectivity index (χ2n) is 2.38. The Kier molecular flexibility index (Phi) is 2.93. The van der Waals surface area contributed by atoms with Crippen LogP contribution < -0.4 is 5.32 Å². The summed E-state index contributed by atoms with van der Waals surface area (Å²) in [7, 11) is 1.76. The Morgan fingerprint density at radius 3 is 3.08 bits per heavy atom. The molecule has 1 amide bonds. The van der Waals surface area contributed by atoms with Crippen molar-refractivity contribution < 1.29 is 4.79 Å². The molecule has 0 aliphatic carbocycles. The first kappa shape index (κ1) is 9.62. The molecule has 1 heterocycles. The van der Waals surface area contributed by atoms with Gasteiger partial charge in [0.2, 0.25) is 0 Å². The Bertz CT molecular complexity index is 364. The summed E-state index contributed by atoms with van der Waals surface area (Å²) >= 11 is 5.73. The molecule has 0 fully saturated rings. The van der Waals surface area contributed by atoms with Crippen LogP contribution in [0.15, 0.2) is 6.20 Å². The monoisotopic (exact) mass is 197 g/mol. The van der Waals surface area contributed by atoms with E-state index in [1.165, 1.54) is 6.20 Å². The second-order valence-corrected chi connectivity index (χ2v) is 2.77. The highest BCUT2D eigenvalue weighted by Crippen LogP contribution is 2.08. The molecule has 0 radical (unpaired) electrons. The number of terminal acetylenes is 1. The molecule has 0 saturated heterocycles. The fraction of sp³-hybridized carbons (Fsp3) is 0.250. The van der Waals surface area contributed by atoms with Gasteiger partial charge in [0.05, 0.1) is 12.7 Å². The number of nitrogens with one attached hydrogen (secondary N) is 1. The SMILES string of the molecule is C#CC(=O)NCc1ncc(Cl)n1C. The van der Waals surface area contributed by atoms with E-state index in [-0.39, 0.29) is 6.54 Å². The zero-order valence-electron chi connectivity index (χ0n) is 7.04. The third kappa shape index (κ3) is 2.23. The summed E-state index contributed by atoms with van der Waals surface area (Å²) in [6.07, 6.45) is 6.38. The van der Waals surface area contributed by atoms with Gasteiger partial charge in [-0.05, 0) is 5.92 Å². The highest BCUT2D eigenvalue weighted by Gasteiger charge is 2.04. The molecule has 0 atom stereocenters. The molecule has 1 aromatic heterocycles. The molecular formula is C8H8ClN3O. The van der Waals surface area contributed by atoms with Gasteiger partial charge in [-0.25, -0.2) is 4.98 Å². The lowest BCUT2D eigenvalue weighted by Gasteiger charge is -2.01. The third-order valence-electron chi connectivity index (χ3n) is 1.57. The zero-order chi connectivity index (χ0) is 9.84. The predicted molar refractivity (Wildman–Crippen MR) is 48.9 cm³/mol. The Morgan fingerprint density at radius 2 is 2.62 bits per heavy atom. The van der Waals surface area contributed by atoms with E-state index < -0.39 is 5.91 Å². The van der Waals surface area contributed by atoms with Crippen LogP contribution in [0.1, 0.15) is 5.82 Å². The maximum absolute atomic E-state index is 10.7. The van der Waals surface area contributed by atoms with Crippen LogP contribution in [0, 0.1) is 12.3 Å². The van der Waals surface area contributed by atoms with Gasteiger partial charge in [0.25, 0.3) is 5.91 Å². The van der Waals surface area contributed by atoms with Crippen molar-refractivity contribution in [1.82, 2.24) is 14.9 Å². The lowest BCUT2D eigenvalue weighted by atomic mass is 10.5. The molecule has 5 heteroatoms. The van der Waals surface area contributed by atoms with Crippen molar-refractivity contribution in [3.63, 3.8) is 0 Å². The number of halogens is 1. The average molecular weight is 198 g/mol. The van der Waals surface area contributed by atoms with E-state index in [0.717, 1.165) is 0 Å². The Labute approximate surface area is 80.9 Å². The number of hydrogen-bond acceptors (Lipinski definition) is 2. The summed E-state index contributed by atoms with van der Waals surface area (Å²) in [5.74, 6) is 2.14. The van der Waals surface area contributed by atoms with E-state index in [9.17, 15) is 4.79 Å². The topological polar surface area (TPSA) is 46.9 Å². The van der Waals surface area contributed by atoms with Gasteiger partial charge in [-0.2, -0.15) is 0 Å². The van der Waals surface area contributed by atoms with E-state index in [1.54, 1.807) is 11.6 Å². The van der Waals surface area contributed by atoms with Crippen molar-refractivity contribution in [3.8, 4) is 12.3 Å². The van der Waals surface area contributed by atoms with E-state index in [1.807, 2.05) is 5.92 Å². The molecule has 0 unspecified atom stereocenters. The molecule has 1 N–H and O–H groups in total. The van der Waals surface area contributed by atoms with Gasteiger partial charge in [-0.3, -0.25) is 4.79 Å². The van der Waals surface area contributed by atoms with Gasteiger partial charge in [-0.15, -0.1) is 6.42 Å². The first-order valence-electron chi connectivity index (χ1n) is 3.55. The van der Waals surface area contributed by atoms with Crippen LogP contribution in [0.5, 0.6) is 0 Å². The van der Waals surface area contributed by atoms with Crippen molar-refractivity contribution >= 4 is 17.5 Å². The van der Waals surface area contributed by atoms with Gasteiger partial charge < -0.3 is 9.88 Å². The lowest BCUT2D eigenvalue weighted by Crippen LogP contribution is -2.22. The summed E-state index contributed by atoms with van der Waals surface area (Å²) in [6.45, 7) is 0.284. The molecule has 0 bridgehead atoms. The van der Waals surface area contributed by atoms with Crippen LogP contribution in [0.3, 0.4) is 0 Å². The molecule has 0 aliphatic rings. The molecule has 0 aliphatic heterocycles. The standard InChI is InChI=1S/C8H8ClN3O/c1-3-8(13)11-5-7-10-4-6(9)12(7)2/h1,4H,5H2,2H3,(H,11,13). The van der Waals surface area contributed by atoms with Gasteiger partial charge in [0, 0.05) is 7.05 Å². The molecule has 0 saturated carbocycles. The molecule has 1 aromatic rings. The van der Waals surface area contributed by atoms with Crippen LogP contribution in [0.25, 0.3) is 0 Å². The molecule has 0 aromatic carbocycles. The van der Waals surface area contributed by atoms with Crippen LogP contribution in [0.4, 0.5) is 0 Å². The highest BCUT2D eigenvalue weighted by atomic mass is 35.5. The van der Waals surface area contributed by atoms with Gasteiger partial charge in [0.1, 0.15) is 11.0 Å². The maximum Gasteiger partial charge on any atom is 0.296 e. The predicted octanol–water partition coefficient (Wildman–Crippen LogP) is 0.323. The molecule has 1 rings (SSSR count). The summed E-state index contributed by atoms with van der Waals surface area (Å²) < 4.78 is 1.67. The lowest BCUT2D eigenvalue weighted by molar-refractivity contribution is -0.115. The quantitative estimate of drug-likeness (QED) is 0.695. The van der Waals surface area contributed by atoms with Crippen LogP contribution in [-0.2, 0) is 18.4 Å². The fourth-order valence-electron chi connectivity index (χ4n) is 0.799. The number of carbonyl (C=O) groups excluding carboxylic acids is 1. The van der Waals surface area contributed by atoms with Crippen LogP contribution >= 0.6 is 11.6 Å². The van der Waals surface area contributed by atoms with E-state index >= 15 is 0 Å². The molecule has 68 valence electrons. The highest BCUT2D eigenvalue weighted by molar-refractivity contribution is 6.29. The minimum Gasteiger partial charge on any atom is -0.338 e. The van der Waals surface area contributed by atoms with E-state index in [2.05, 4.69) is 10.3 Å². The fourth-order valence-corrected chi connectivity index (χ4v) is 0.945. The second kappa shape index (κ2) is 3.97. The Hall–Kier alpha value is -1.47. The Balaban J connectivity index is 2.61. The maximum atomic E-state index is 10.7. The number of nitrogens with zero attached hydrogens (tertiary/aromatic N) is 2. The summed E-state index contributed by atoms with van der Waals surface area (Å²) in [6, 6.07) is 0. The number of imidazole rings is 1. The van der Waals surface area contributed by atoms with Crippen LogP contribution in [0.2, 0.25) is 5.15 Å². The minimum absolute atomic E-state index is 0.284. The molecule has 0 spiro atoms. The van der Waals surface area contributed by atoms with E-state index in [0.29, 0.717) is 11.0 Å². The first-order valence-corrected chi connectivity index (χ1v) is 3.93. The van der Waals surface area contributed by atoms with Gasteiger partial charge >= 0.3 is 0 Å². The minimum atomic E-state index is -0.459. The molecular weight excluding hydrogens is 190 g/mol. The average Bonchev–Trinajstić information content (AvgIpc) is 2.44. The number of amides is 1. The summed E-state index contributed by atoms with van der Waals surface area (Å²) in [5.41, 5.74) is 0. The normalized spacial score (nSPS) is 9.31. The first-order chi connectivity index (χ1) is 6.15. The summed E-state index contributed by atoms with van der Waals surface area (Å²) in [4.78, 5) is 14.7. The van der Waals surface area contributed by atoms with Gasteiger partial charge in [-0.1, -0.05) is 11.6 Å². The van der Waals surface area contributed by atoms with Crippen molar-refractivity contribution in [2.24, 2.45) is 7.05 Å². The Morgan fingerprint density at radius 1 is 1.92 bits per heavy atom. The largest absolute Gasteiger partial charge is 0.338 e. The number of aromatic nitrogens is 2. The van der Waals surface area contributed by atoms with Gasteiger partial charge in [0.15, 0.2) is 0 Å². The van der Waals surface area contributed by atoms with Crippen molar-refractivity contribution in [2.45, 2.75) is 6.54 Å². The smallest absolute Gasteiger partial charge is 0.296 e. The molecule has 13 heavy (non-hydrogen) atoms. The molecule has 4 nitrogen and oxygen atoms in total. The summed E-state index contributed by atoms with van der Waals surface area (Å²) in [5, 5.41) is 3.00. The van der Waals surface area contributed by atoms with E-state index in [4.69, 9.17) is 18.0 Å².